The number of fused-ring (bicyclic) bond motifs is 3. The van der Waals surface area contributed by atoms with Crippen molar-refractivity contribution in [2.24, 2.45) is 5.92 Å². The summed E-state index contributed by atoms with van der Waals surface area (Å²) in [6, 6.07) is 0.675. The summed E-state index contributed by atoms with van der Waals surface area (Å²) in [6.45, 7) is 4.72. The zero-order valence-electron chi connectivity index (χ0n) is 8.72. The van der Waals surface area contributed by atoms with E-state index >= 15 is 0 Å². The first-order chi connectivity index (χ1) is 7.42. The Morgan fingerprint density at radius 1 is 1.47 bits per heavy atom. The first-order valence-corrected chi connectivity index (χ1v) is 6.47. The Balaban J connectivity index is 1.55. The highest BCUT2D eigenvalue weighted by atomic mass is 32.1. The van der Waals surface area contributed by atoms with Crippen LogP contribution in [0.1, 0.15) is 18.5 Å². The summed E-state index contributed by atoms with van der Waals surface area (Å²) in [4.78, 5) is 2.57. The van der Waals surface area contributed by atoms with E-state index in [9.17, 15) is 0 Å². The molecule has 1 N–H and O–H groups in total. The van der Waals surface area contributed by atoms with Crippen molar-refractivity contribution in [3.63, 3.8) is 0 Å². The van der Waals surface area contributed by atoms with Crippen molar-refractivity contribution < 1.29 is 0 Å². The average Bonchev–Trinajstić information content (AvgIpc) is 2.81. The molecule has 1 unspecified atom stereocenters. The van der Waals surface area contributed by atoms with Crippen LogP contribution in [-0.2, 0) is 6.54 Å². The van der Waals surface area contributed by atoms with Crippen LogP contribution in [0.2, 0.25) is 0 Å². The molecular formula is C10H16N4S. The molecule has 0 aromatic carbocycles. The second-order valence-electron chi connectivity index (χ2n) is 4.52. The zero-order valence-corrected chi connectivity index (χ0v) is 9.54. The SMILES string of the molecule is c1snnc1CNC1CN2CCC1CC2. The van der Waals surface area contributed by atoms with E-state index in [0.717, 1.165) is 18.2 Å². The van der Waals surface area contributed by atoms with Gasteiger partial charge in [-0.2, -0.15) is 0 Å². The van der Waals surface area contributed by atoms with Crippen molar-refractivity contribution >= 4 is 11.5 Å². The number of nitrogens with one attached hydrogen (secondary N) is 1. The van der Waals surface area contributed by atoms with Crippen LogP contribution >= 0.6 is 11.5 Å². The normalized spacial score (nSPS) is 34.5. The standard InChI is InChI=1S/C10H16N4S/c1-3-14-4-2-8(1)10(6-14)11-5-9-7-15-13-12-9/h7-8,10-11H,1-6H2. The van der Waals surface area contributed by atoms with Crippen LogP contribution in [0.5, 0.6) is 0 Å². The van der Waals surface area contributed by atoms with Crippen molar-refractivity contribution in [3.05, 3.63) is 11.1 Å². The van der Waals surface area contributed by atoms with Gasteiger partial charge in [0.1, 0.15) is 0 Å². The smallest absolute Gasteiger partial charge is 0.0893 e. The topological polar surface area (TPSA) is 41.1 Å². The molecule has 2 bridgehead atoms. The van der Waals surface area contributed by atoms with Gasteiger partial charge in [-0.25, -0.2) is 0 Å². The van der Waals surface area contributed by atoms with E-state index in [1.165, 1.54) is 44.0 Å². The molecule has 82 valence electrons. The molecule has 0 radical (unpaired) electrons. The van der Waals surface area contributed by atoms with E-state index < -0.39 is 0 Å². The summed E-state index contributed by atoms with van der Waals surface area (Å²) in [5.74, 6) is 0.890. The third-order valence-corrected chi connectivity index (χ3v) is 4.16. The van der Waals surface area contributed by atoms with Gasteiger partial charge in [-0.1, -0.05) is 4.49 Å². The predicted molar refractivity (Wildman–Crippen MR) is 59.7 cm³/mol. The molecule has 3 aliphatic rings. The second-order valence-corrected chi connectivity index (χ2v) is 5.13. The molecule has 4 nitrogen and oxygen atoms in total. The Labute approximate surface area is 93.8 Å². The molecule has 3 saturated heterocycles. The van der Waals surface area contributed by atoms with Gasteiger partial charge in [0.25, 0.3) is 0 Å². The number of rotatable bonds is 3. The molecule has 0 spiro atoms. The Morgan fingerprint density at radius 3 is 2.93 bits per heavy atom. The average molecular weight is 224 g/mol. The van der Waals surface area contributed by atoms with Crippen molar-refractivity contribution in [2.75, 3.05) is 19.6 Å². The van der Waals surface area contributed by atoms with E-state index in [4.69, 9.17) is 0 Å². The molecule has 4 heterocycles. The monoisotopic (exact) mass is 224 g/mol. The quantitative estimate of drug-likeness (QED) is 0.821. The molecule has 0 aliphatic carbocycles. The molecule has 1 atom stereocenters. The van der Waals surface area contributed by atoms with Crippen LogP contribution in [0.3, 0.4) is 0 Å². The Morgan fingerprint density at radius 2 is 2.33 bits per heavy atom. The van der Waals surface area contributed by atoms with E-state index in [-0.39, 0.29) is 0 Å². The maximum Gasteiger partial charge on any atom is 0.0893 e. The van der Waals surface area contributed by atoms with E-state index in [1.54, 1.807) is 0 Å². The molecule has 0 saturated carbocycles. The van der Waals surface area contributed by atoms with Gasteiger partial charge in [0, 0.05) is 24.5 Å². The highest BCUT2D eigenvalue weighted by Crippen LogP contribution is 2.27. The maximum atomic E-state index is 4.06. The highest BCUT2D eigenvalue weighted by molar-refractivity contribution is 7.03. The fourth-order valence-electron chi connectivity index (χ4n) is 2.69. The van der Waals surface area contributed by atoms with E-state index in [0.29, 0.717) is 6.04 Å². The van der Waals surface area contributed by atoms with Gasteiger partial charge in [-0.05, 0) is 43.4 Å². The maximum absolute atomic E-state index is 4.06. The molecule has 1 aromatic heterocycles. The lowest BCUT2D eigenvalue weighted by molar-refractivity contribution is 0.0718. The van der Waals surface area contributed by atoms with Gasteiger partial charge in [0.05, 0.1) is 5.69 Å². The van der Waals surface area contributed by atoms with Crippen LogP contribution in [0, 0.1) is 5.92 Å². The van der Waals surface area contributed by atoms with E-state index in [2.05, 4.69) is 19.8 Å². The number of nitrogens with zero attached hydrogens (tertiary/aromatic N) is 3. The molecule has 4 rings (SSSR count). The first-order valence-electron chi connectivity index (χ1n) is 5.63. The van der Waals surface area contributed by atoms with Crippen LogP contribution in [0.4, 0.5) is 0 Å². The number of hydrogen-bond acceptors (Lipinski definition) is 5. The van der Waals surface area contributed by atoms with Gasteiger partial charge in [0.15, 0.2) is 0 Å². The lowest BCUT2D eigenvalue weighted by Gasteiger charge is -2.45. The zero-order chi connectivity index (χ0) is 10.1. The highest BCUT2D eigenvalue weighted by Gasteiger charge is 2.33. The van der Waals surface area contributed by atoms with Crippen molar-refractivity contribution in [1.29, 1.82) is 0 Å². The number of hydrogen-bond donors (Lipinski definition) is 1. The lowest BCUT2D eigenvalue weighted by atomic mass is 9.84. The van der Waals surface area contributed by atoms with E-state index in [1.807, 2.05) is 5.38 Å². The van der Waals surface area contributed by atoms with Crippen LogP contribution < -0.4 is 5.32 Å². The minimum Gasteiger partial charge on any atom is -0.307 e. The molecule has 5 heteroatoms. The summed E-state index contributed by atoms with van der Waals surface area (Å²) in [5.41, 5.74) is 1.08. The molecular weight excluding hydrogens is 208 g/mol. The molecule has 15 heavy (non-hydrogen) atoms. The summed E-state index contributed by atoms with van der Waals surface area (Å²) in [7, 11) is 0. The predicted octanol–water partition coefficient (Wildman–Crippen LogP) is 0.722. The van der Waals surface area contributed by atoms with Gasteiger partial charge in [-0.3, -0.25) is 0 Å². The second kappa shape index (κ2) is 4.15. The Kier molecular flexibility index (Phi) is 2.68. The summed E-state index contributed by atoms with van der Waals surface area (Å²) in [5, 5.41) is 9.70. The molecule has 1 aromatic rings. The summed E-state index contributed by atoms with van der Waals surface area (Å²) < 4.78 is 3.88. The van der Waals surface area contributed by atoms with Gasteiger partial charge >= 0.3 is 0 Å². The lowest BCUT2D eigenvalue weighted by Crippen LogP contribution is -2.55. The largest absolute Gasteiger partial charge is 0.307 e. The van der Waals surface area contributed by atoms with Gasteiger partial charge in [0.2, 0.25) is 0 Å². The van der Waals surface area contributed by atoms with Crippen LogP contribution in [-0.4, -0.2) is 40.2 Å². The van der Waals surface area contributed by atoms with Crippen LogP contribution in [0.25, 0.3) is 0 Å². The van der Waals surface area contributed by atoms with Crippen LogP contribution in [0.15, 0.2) is 5.38 Å². The number of piperidine rings is 3. The Hall–Kier alpha value is -0.520. The fourth-order valence-corrected chi connectivity index (χ4v) is 3.14. The minimum atomic E-state index is 0.675. The molecule has 3 fully saturated rings. The van der Waals surface area contributed by atoms with Gasteiger partial charge < -0.3 is 10.2 Å². The summed E-state index contributed by atoms with van der Waals surface area (Å²) in [6.07, 6.45) is 2.74. The third-order valence-electron chi connectivity index (χ3n) is 3.61. The van der Waals surface area contributed by atoms with Gasteiger partial charge in [-0.15, -0.1) is 5.10 Å². The number of aromatic nitrogens is 2. The first kappa shape index (κ1) is 9.69. The van der Waals surface area contributed by atoms with Crippen molar-refractivity contribution in [1.82, 2.24) is 19.8 Å². The summed E-state index contributed by atoms with van der Waals surface area (Å²) >= 11 is 1.43. The fraction of sp³-hybridized carbons (Fsp3) is 0.800. The molecule has 0 amide bonds. The van der Waals surface area contributed by atoms with Crippen molar-refractivity contribution in [3.8, 4) is 0 Å². The Bertz CT molecular complexity index is 305. The third kappa shape index (κ3) is 2.04. The minimum absolute atomic E-state index is 0.675. The molecule has 3 aliphatic heterocycles. The van der Waals surface area contributed by atoms with Crippen molar-refractivity contribution in [2.45, 2.75) is 25.4 Å².